The number of carbonyl (C=O) groups excluding carboxylic acids is 3. The summed E-state index contributed by atoms with van der Waals surface area (Å²) in [4.78, 5) is 37.3. The summed E-state index contributed by atoms with van der Waals surface area (Å²) in [6.45, 7) is 9.08. The van der Waals surface area contributed by atoms with Crippen molar-refractivity contribution in [3.63, 3.8) is 0 Å². The van der Waals surface area contributed by atoms with Crippen molar-refractivity contribution in [2.45, 2.75) is 65.1 Å². The summed E-state index contributed by atoms with van der Waals surface area (Å²) in [6, 6.07) is 7.13. The van der Waals surface area contributed by atoms with Crippen LogP contribution in [0.2, 0.25) is 0 Å². The number of hydrogen-bond acceptors (Lipinski definition) is 5. The van der Waals surface area contributed by atoms with E-state index in [0.717, 1.165) is 5.56 Å². The van der Waals surface area contributed by atoms with Gasteiger partial charge in [0.25, 0.3) is 0 Å². The summed E-state index contributed by atoms with van der Waals surface area (Å²) in [5.41, 5.74) is 0.160. The molecule has 1 aromatic rings. The lowest BCUT2D eigenvalue weighted by atomic mass is 10.0. The smallest absolute Gasteiger partial charge is 0.408 e. The lowest BCUT2D eigenvalue weighted by Crippen LogP contribution is -2.53. The van der Waals surface area contributed by atoms with E-state index in [1.807, 2.05) is 44.2 Å². The summed E-state index contributed by atoms with van der Waals surface area (Å²) in [7, 11) is 0. The lowest BCUT2D eigenvalue weighted by Gasteiger charge is -2.25. The number of esters is 1. The normalized spacial score (nSPS) is 13.3. The molecule has 8 heteroatoms. The van der Waals surface area contributed by atoms with Crippen molar-refractivity contribution in [1.82, 2.24) is 10.6 Å². The minimum Gasteiger partial charge on any atom is -0.448 e. The third-order valence-corrected chi connectivity index (χ3v) is 3.90. The predicted molar refractivity (Wildman–Crippen MR) is 112 cm³/mol. The highest BCUT2D eigenvalue weighted by molar-refractivity contribution is 6.17. The quantitative estimate of drug-likeness (QED) is 0.466. The maximum absolute atomic E-state index is 12.9. The maximum Gasteiger partial charge on any atom is 0.408 e. The van der Waals surface area contributed by atoms with Crippen LogP contribution in [0.5, 0.6) is 0 Å². The van der Waals surface area contributed by atoms with Crippen molar-refractivity contribution in [1.29, 1.82) is 0 Å². The Morgan fingerprint density at radius 2 is 1.66 bits per heavy atom. The molecule has 2 atom stereocenters. The molecule has 0 aliphatic carbocycles. The van der Waals surface area contributed by atoms with Crippen LogP contribution < -0.4 is 10.6 Å². The second-order valence-electron chi connectivity index (χ2n) is 8.15. The van der Waals surface area contributed by atoms with E-state index in [1.54, 1.807) is 20.8 Å². The van der Waals surface area contributed by atoms with Gasteiger partial charge in [0.2, 0.25) is 5.91 Å². The van der Waals surface area contributed by atoms with Crippen LogP contribution in [0.1, 0.15) is 46.6 Å². The Hall–Kier alpha value is -2.28. The van der Waals surface area contributed by atoms with Crippen LogP contribution in [-0.2, 0) is 25.5 Å². The van der Waals surface area contributed by atoms with Gasteiger partial charge in [-0.25, -0.2) is 9.59 Å². The van der Waals surface area contributed by atoms with Crippen LogP contribution in [0, 0.1) is 5.92 Å². The van der Waals surface area contributed by atoms with Gasteiger partial charge in [0.05, 0.1) is 0 Å². The van der Waals surface area contributed by atoms with Gasteiger partial charge in [0.15, 0.2) is 6.07 Å². The Kier molecular flexibility index (Phi) is 9.95. The number of halogens is 1. The number of hydrogen-bond donors (Lipinski definition) is 2. The molecular formula is C21H31ClN2O5. The highest BCUT2D eigenvalue weighted by Gasteiger charge is 2.29. The van der Waals surface area contributed by atoms with Gasteiger partial charge >= 0.3 is 12.1 Å². The molecule has 0 heterocycles. The second kappa shape index (κ2) is 11.7. The summed E-state index contributed by atoms with van der Waals surface area (Å²) in [6.07, 6.45) is -0.0714. The number of carbonyl (C=O) groups is 3. The van der Waals surface area contributed by atoms with Gasteiger partial charge in [-0.3, -0.25) is 4.79 Å². The van der Waals surface area contributed by atoms with Gasteiger partial charge in [0.1, 0.15) is 17.7 Å². The Bertz CT molecular complexity index is 673. The lowest BCUT2D eigenvalue weighted by molar-refractivity contribution is -0.146. The Morgan fingerprint density at radius 3 is 2.17 bits per heavy atom. The van der Waals surface area contributed by atoms with Crippen LogP contribution in [0.4, 0.5) is 4.79 Å². The van der Waals surface area contributed by atoms with Crippen LogP contribution in [0.3, 0.4) is 0 Å². The average molecular weight is 427 g/mol. The fourth-order valence-corrected chi connectivity index (χ4v) is 2.73. The maximum atomic E-state index is 12.9. The Labute approximate surface area is 177 Å². The molecule has 0 spiro atoms. The molecule has 0 radical (unpaired) electrons. The standard InChI is InChI=1S/C21H31ClN2O5/c1-14(2)11-16(24-20(27)29-21(3,4)5)18(25)23-17(19(26)28-13-22)12-15-9-7-6-8-10-15/h6-10,14,16-17H,11-13H2,1-5H3,(H,23,25)(H,24,27)/t16-,17-/m0/s1. The number of rotatable bonds is 9. The fraction of sp³-hybridized carbons (Fsp3) is 0.571. The third kappa shape index (κ3) is 10.2. The summed E-state index contributed by atoms with van der Waals surface area (Å²) >= 11 is 5.51. The molecule has 7 nitrogen and oxygen atoms in total. The van der Waals surface area contributed by atoms with Gasteiger partial charge in [-0.2, -0.15) is 0 Å². The van der Waals surface area contributed by atoms with Crippen LogP contribution in [0.15, 0.2) is 30.3 Å². The van der Waals surface area contributed by atoms with E-state index in [0.29, 0.717) is 6.42 Å². The zero-order chi connectivity index (χ0) is 22.0. The van der Waals surface area contributed by atoms with Crippen LogP contribution in [0.25, 0.3) is 0 Å². The van der Waals surface area contributed by atoms with Gasteiger partial charge in [-0.1, -0.05) is 55.8 Å². The van der Waals surface area contributed by atoms with E-state index in [4.69, 9.17) is 21.1 Å². The highest BCUT2D eigenvalue weighted by Crippen LogP contribution is 2.11. The number of alkyl carbamates (subject to hydrolysis) is 1. The van der Waals surface area contributed by atoms with Gasteiger partial charge < -0.3 is 20.1 Å². The molecular weight excluding hydrogens is 396 g/mol. The van der Waals surface area contributed by atoms with Crippen molar-refractivity contribution in [2.24, 2.45) is 5.92 Å². The minimum atomic E-state index is -0.932. The first-order valence-corrected chi connectivity index (χ1v) is 10.1. The molecule has 0 bridgehead atoms. The van der Waals surface area contributed by atoms with E-state index in [-0.39, 0.29) is 18.4 Å². The van der Waals surface area contributed by atoms with Crippen molar-refractivity contribution >= 4 is 29.6 Å². The van der Waals surface area contributed by atoms with Crippen molar-refractivity contribution in [3.8, 4) is 0 Å². The first-order chi connectivity index (χ1) is 13.5. The molecule has 0 aliphatic heterocycles. The average Bonchev–Trinajstić information content (AvgIpc) is 2.59. The van der Waals surface area contributed by atoms with Gasteiger partial charge in [-0.05, 0) is 38.7 Å². The molecule has 0 saturated heterocycles. The first kappa shape index (κ1) is 24.8. The van der Waals surface area contributed by atoms with Crippen molar-refractivity contribution in [2.75, 3.05) is 6.07 Å². The SMILES string of the molecule is CC(C)C[C@H](NC(=O)OC(C)(C)C)C(=O)N[C@@H](Cc1ccccc1)C(=O)OCCl. The molecule has 1 aromatic carbocycles. The number of nitrogens with one attached hydrogen (secondary N) is 2. The summed E-state index contributed by atoms with van der Waals surface area (Å²) < 4.78 is 10.1. The number of benzene rings is 1. The van der Waals surface area contributed by atoms with Gasteiger partial charge in [0, 0.05) is 6.42 Å². The molecule has 1 rings (SSSR count). The van der Waals surface area contributed by atoms with Gasteiger partial charge in [-0.15, -0.1) is 0 Å². The monoisotopic (exact) mass is 426 g/mol. The van der Waals surface area contributed by atoms with Crippen molar-refractivity contribution in [3.05, 3.63) is 35.9 Å². The Balaban J connectivity index is 2.92. The molecule has 2 N–H and O–H groups in total. The second-order valence-corrected chi connectivity index (χ2v) is 8.37. The summed E-state index contributed by atoms with van der Waals surface area (Å²) in [5.74, 6) is -1.00. The van der Waals surface area contributed by atoms with E-state index >= 15 is 0 Å². The molecule has 162 valence electrons. The molecule has 0 aromatic heterocycles. The number of alkyl halides is 1. The largest absolute Gasteiger partial charge is 0.448 e. The summed E-state index contributed by atoms with van der Waals surface area (Å²) in [5, 5.41) is 5.27. The van der Waals surface area contributed by atoms with E-state index in [2.05, 4.69) is 10.6 Å². The molecule has 2 amide bonds. The van der Waals surface area contributed by atoms with Crippen molar-refractivity contribution < 1.29 is 23.9 Å². The zero-order valence-electron chi connectivity index (χ0n) is 17.7. The van der Waals surface area contributed by atoms with E-state index in [9.17, 15) is 14.4 Å². The topological polar surface area (TPSA) is 93.7 Å². The van der Waals surface area contributed by atoms with Crippen LogP contribution >= 0.6 is 11.6 Å². The molecule has 0 fully saturated rings. The third-order valence-electron chi connectivity index (χ3n) is 3.80. The fourth-order valence-electron chi connectivity index (χ4n) is 2.62. The molecule has 29 heavy (non-hydrogen) atoms. The minimum absolute atomic E-state index is 0.128. The van der Waals surface area contributed by atoms with E-state index in [1.165, 1.54) is 0 Å². The highest BCUT2D eigenvalue weighted by atomic mass is 35.5. The first-order valence-electron chi connectivity index (χ1n) is 9.58. The zero-order valence-corrected chi connectivity index (χ0v) is 18.4. The molecule has 0 saturated carbocycles. The number of amides is 2. The Morgan fingerprint density at radius 1 is 1.03 bits per heavy atom. The molecule has 0 aliphatic rings. The molecule has 0 unspecified atom stereocenters. The predicted octanol–water partition coefficient (Wildman–Crippen LogP) is 3.39. The van der Waals surface area contributed by atoms with Crippen LogP contribution in [-0.4, -0.2) is 41.7 Å². The number of ether oxygens (including phenoxy) is 2. The van der Waals surface area contributed by atoms with E-state index < -0.39 is 35.7 Å².